The first-order valence-electron chi connectivity index (χ1n) is 5.33. The van der Waals surface area contributed by atoms with E-state index in [2.05, 4.69) is 41.9 Å². The molecule has 0 N–H and O–H groups in total. The SMILES string of the molecule is CC(C)C1(c2ccccc2Br)CC1C=O. The molecule has 1 fully saturated rings. The number of carbonyl (C=O) groups excluding carboxylic acids is 1. The van der Waals surface area contributed by atoms with Crippen molar-refractivity contribution in [3.63, 3.8) is 0 Å². The summed E-state index contributed by atoms with van der Waals surface area (Å²) in [4.78, 5) is 11.0. The predicted octanol–water partition coefficient (Wildman–Crippen LogP) is 3.56. The van der Waals surface area contributed by atoms with Crippen molar-refractivity contribution in [2.45, 2.75) is 25.7 Å². The number of benzene rings is 1. The summed E-state index contributed by atoms with van der Waals surface area (Å²) in [5.41, 5.74) is 1.37. The molecule has 0 heterocycles. The Labute approximate surface area is 99.0 Å². The van der Waals surface area contributed by atoms with Crippen molar-refractivity contribution in [1.29, 1.82) is 0 Å². The van der Waals surface area contributed by atoms with Crippen LogP contribution in [0.2, 0.25) is 0 Å². The average molecular weight is 267 g/mol. The molecule has 80 valence electrons. The van der Waals surface area contributed by atoms with Crippen LogP contribution in [0.5, 0.6) is 0 Å². The molecular weight excluding hydrogens is 252 g/mol. The molecule has 2 atom stereocenters. The van der Waals surface area contributed by atoms with E-state index in [4.69, 9.17) is 0 Å². The number of halogens is 1. The van der Waals surface area contributed by atoms with Crippen molar-refractivity contribution in [2.24, 2.45) is 11.8 Å². The van der Waals surface area contributed by atoms with Gasteiger partial charge in [-0.3, -0.25) is 0 Å². The zero-order valence-electron chi connectivity index (χ0n) is 9.03. The van der Waals surface area contributed by atoms with Crippen molar-refractivity contribution >= 4 is 22.2 Å². The van der Waals surface area contributed by atoms with Crippen molar-refractivity contribution in [2.75, 3.05) is 0 Å². The van der Waals surface area contributed by atoms with Crippen LogP contribution in [0.1, 0.15) is 25.8 Å². The standard InChI is InChI=1S/C13H15BrO/c1-9(2)13(7-10(13)8-15)11-5-3-4-6-12(11)14/h3-6,8-10H,7H2,1-2H3. The average Bonchev–Trinajstić information content (AvgIpc) is 2.94. The van der Waals surface area contributed by atoms with Crippen LogP contribution in [0.4, 0.5) is 0 Å². The summed E-state index contributed by atoms with van der Waals surface area (Å²) in [5.74, 6) is 0.711. The van der Waals surface area contributed by atoms with Gasteiger partial charge in [-0.05, 0) is 24.0 Å². The minimum absolute atomic E-state index is 0.0852. The molecule has 1 nitrogen and oxygen atoms in total. The molecule has 0 radical (unpaired) electrons. The summed E-state index contributed by atoms with van der Waals surface area (Å²) >= 11 is 3.58. The molecule has 2 rings (SSSR count). The number of carbonyl (C=O) groups is 1. The van der Waals surface area contributed by atoms with E-state index in [1.807, 2.05) is 12.1 Å². The third kappa shape index (κ3) is 1.55. The van der Waals surface area contributed by atoms with Gasteiger partial charge in [-0.15, -0.1) is 0 Å². The van der Waals surface area contributed by atoms with Gasteiger partial charge in [0.1, 0.15) is 6.29 Å². The minimum atomic E-state index is 0.0852. The maximum Gasteiger partial charge on any atom is 0.124 e. The minimum Gasteiger partial charge on any atom is -0.303 e. The molecule has 15 heavy (non-hydrogen) atoms. The molecular formula is C13H15BrO. The number of hydrogen-bond acceptors (Lipinski definition) is 1. The largest absolute Gasteiger partial charge is 0.303 e. The van der Waals surface area contributed by atoms with Gasteiger partial charge < -0.3 is 4.79 Å². The Bertz CT molecular complexity index is 386. The van der Waals surface area contributed by atoms with Gasteiger partial charge in [0.15, 0.2) is 0 Å². The van der Waals surface area contributed by atoms with Crippen LogP contribution in [0, 0.1) is 11.8 Å². The first kappa shape index (κ1) is 10.9. The monoisotopic (exact) mass is 266 g/mol. The smallest absolute Gasteiger partial charge is 0.124 e. The van der Waals surface area contributed by atoms with Crippen LogP contribution in [-0.2, 0) is 10.2 Å². The summed E-state index contributed by atoms with van der Waals surface area (Å²) < 4.78 is 1.13. The lowest BCUT2D eigenvalue weighted by Crippen LogP contribution is -2.19. The highest BCUT2D eigenvalue weighted by Gasteiger charge is 2.57. The fourth-order valence-corrected chi connectivity index (χ4v) is 3.25. The highest BCUT2D eigenvalue weighted by molar-refractivity contribution is 9.10. The normalized spacial score (nSPS) is 29.2. The molecule has 1 aromatic carbocycles. The second kappa shape index (κ2) is 3.75. The highest BCUT2D eigenvalue weighted by Crippen LogP contribution is 2.59. The zero-order chi connectivity index (χ0) is 11.1. The Hall–Kier alpha value is -0.630. The van der Waals surface area contributed by atoms with Gasteiger partial charge in [-0.1, -0.05) is 48.0 Å². The lowest BCUT2D eigenvalue weighted by atomic mass is 9.83. The van der Waals surface area contributed by atoms with Gasteiger partial charge in [0.05, 0.1) is 0 Å². The van der Waals surface area contributed by atoms with Gasteiger partial charge in [-0.25, -0.2) is 0 Å². The first-order valence-corrected chi connectivity index (χ1v) is 6.12. The van der Waals surface area contributed by atoms with Crippen molar-refractivity contribution < 1.29 is 4.79 Å². The van der Waals surface area contributed by atoms with Crippen molar-refractivity contribution in [1.82, 2.24) is 0 Å². The third-order valence-corrected chi connectivity index (χ3v) is 4.32. The summed E-state index contributed by atoms with van der Waals surface area (Å²) in [6, 6.07) is 8.25. The van der Waals surface area contributed by atoms with E-state index < -0.39 is 0 Å². The van der Waals surface area contributed by atoms with Crippen LogP contribution in [-0.4, -0.2) is 6.29 Å². The van der Waals surface area contributed by atoms with Gasteiger partial charge in [0.25, 0.3) is 0 Å². The lowest BCUT2D eigenvalue weighted by Gasteiger charge is -2.22. The molecule has 0 aliphatic heterocycles. The topological polar surface area (TPSA) is 17.1 Å². The Kier molecular flexibility index (Phi) is 2.72. The summed E-state index contributed by atoms with van der Waals surface area (Å²) in [7, 11) is 0. The van der Waals surface area contributed by atoms with Crippen LogP contribution in [0.15, 0.2) is 28.7 Å². The van der Waals surface area contributed by atoms with Crippen molar-refractivity contribution in [3.8, 4) is 0 Å². The third-order valence-electron chi connectivity index (χ3n) is 3.63. The van der Waals surface area contributed by atoms with Gasteiger partial charge in [0, 0.05) is 15.8 Å². The van der Waals surface area contributed by atoms with Gasteiger partial charge in [-0.2, -0.15) is 0 Å². The van der Waals surface area contributed by atoms with E-state index >= 15 is 0 Å². The molecule has 1 aliphatic carbocycles. The molecule has 0 bridgehead atoms. The number of hydrogen-bond donors (Lipinski definition) is 0. The maximum atomic E-state index is 11.0. The Morgan fingerprint density at radius 1 is 1.47 bits per heavy atom. The quantitative estimate of drug-likeness (QED) is 0.765. The molecule has 0 spiro atoms. The Balaban J connectivity index is 2.45. The molecule has 2 unspecified atom stereocenters. The summed E-state index contributed by atoms with van der Waals surface area (Å²) in [5, 5.41) is 0. The number of aldehydes is 1. The first-order chi connectivity index (χ1) is 7.13. The molecule has 1 aliphatic rings. The molecule has 0 aromatic heterocycles. The Morgan fingerprint density at radius 3 is 2.60 bits per heavy atom. The summed E-state index contributed by atoms with van der Waals surface area (Å²) in [6.07, 6.45) is 2.11. The molecule has 1 aromatic rings. The molecule has 1 saturated carbocycles. The molecule has 0 saturated heterocycles. The molecule has 2 heteroatoms. The van der Waals surface area contributed by atoms with E-state index in [0.29, 0.717) is 5.92 Å². The van der Waals surface area contributed by atoms with Crippen molar-refractivity contribution in [3.05, 3.63) is 34.3 Å². The highest BCUT2D eigenvalue weighted by atomic mass is 79.9. The van der Waals surface area contributed by atoms with Crippen LogP contribution >= 0.6 is 15.9 Å². The second-order valence-electron chi connectivity index (χ2n) is 4.62. The zero-order valence-corrected chi connectivity index (χ0v) is 10.6. The fourth-order valence-electron chi connectivity index (χ4n) is 2.60. The Morgan fingerprint density at radius 2 is 2.13 bits per heavy atom. The van der Waals surface area contributed by atoms with Gasteiger partial charge in [0.2, 0.25) is 0 Å². The number of rotatable bonds is 3. The second-order valence-corrected chi connectivity index (χ2v) is 5.48. The fraction of sp³-hybridized carbons (Fsp3) is 0.462. The van der Waals surface area contributed by atoms with Gasteiger partial charge >= 0.3 is 0 Å². The van der Waals surface area contributed by atoms with Crippen LogP contribution in [0.25, 0.3) is 0 Å². The maximum absolute atomic E-state index is 11.0. The van der Waals surface area contributed by atoms with E-state index in [0.717, 1.165) is 17.2 Å². The van der Waals surface area contributed by atoms with E-state index in [1.165, 1.54) is 5.56 Å². The summed E-state index contributed by atoms with van der Waals surface area (Å²) in [6.45, 7) is 4.39. The van der Waals surface area contributed by atoms with Crippen LogP contribution < -0.4 is 0 Å². The van der Waals surface area contributed by atoms with Crippen LogP contribution in [0.3, 0.4) is 0 Å². The van der Waals surface area contributed by atoms with E-state index in [-0.39, 0.29) is 11.3 Å². The predicted molar refractivity (Wildman–Crippen MR) is 64.8 cm³/mol. The lowest BCUT2D eigenvalue weighted by molar-refractivity contribution is -0.109. The molecule has 0 amide bonds. The van der Waals surface area contributed by atoms with E-state index in [1.54, 1.807) is 0 Å². The van der Waals surface area contributed by atoms with E-state index in [9.17, 15) is 4.79 Å².